The van der Waals surface area contributed by atoms with Crippen molar-refractivity contribution in [3.05, 3.63) is 18.6 Å². The molecule has 1 N–H and O–H groups in total. The Hall–Kier alpha value is -2.18. The van der Waals surface area contributed by atoms with E-state index in [2.05, 4.69) is 15.3 Å². The maximum Gasteiger partial charge on any atom is 0.408 e. The van der Waals surface area contributed by atoms with Crippen LogP contribution in [0.4, 0.5) is 10.6 Å². The van der Waals surface area contributed by atoms with Crippen molar-refractivity contribution in [2.45, 2.75) is 38.8 Å². The molecule has 108 valence electrons. The Balaban J connectivity index is 1.97. The summed E-state index contributed by atoms with van der Waals surface area (Å²) in [5.74, 6) is 0.294. The van der Waals surface area contributed by atoms with Gasteiger partial charge < -0.3 is 10.1 Å². The molecule has 2 amide bonds. The summed E-state index contributed by atoms with van der Waals surface area (Å²) in [7, 11) is 0. The van der Waals surface area contributed by atoms with Crippen LogP contribution in [0.3, 0.4) is 0 Å². The highest BCUT2D eigenvalue weighted by Crippen LogP contribution is 2.18. The molecule has 0 saturated carbocycles. The Labute approximate surface area is 117 Å². The van der Waals surface area contributed by atoms with Gasteiger partial charge in [0.25, 0.3) is 5.91 Å². The highest BCUT2D eigenvalue weighted by atomic mass is 16.6. The molecule has 0 aromatic carbocycles. The lowest BCUT2D eigenvalue weighted by molar-refractivity contribution is -0.118. The predicted molar refractivity (Wildman–Crippen MR) is 72.2 cm³/mol. The lowest BCUT2D eigenvalue weighted by Crippen LogP contribution is -2.43. The van der Waals surface area contributed by atoms with E-state index >= 15 is 0 Å². The van der Waals surface area contributed by atoms with Crippen molar-refractivity contribution in [2.24, 2.45) is 0 Å². The monoisotopic (exact) mass is 278 g/mol. The normalized spacial score (nSPS) is 19.1. The Kier molecular flexibility index (Phi) is 3.87. The van der Waals surface area contributed by atoms with Crippen molar-refractivity contribution in [1.82, 2.24) is 15.3 Å². The number of carbonyl (C=O) groups excluding carboxylic acids is 2. The standard InChI is InChI=1S/C13H18N4O3/c1-13(2,3)20-12(19)16-9-4-7-17(11(9)18)10-8-14-5-6-15-10/h5-6,8-9H,4,7H2,1-3H3,(H,16,19)/t9-/m0/s1. The van der Waals surface area contributed by atoms with Crippen molar-refractivity contribution in [3.8, 4) is 0 Å². The predicted octanol–water partition coefficient (Wildman–Crippen LogP) is 1.11. The minimum atomic E-state index is -0.587. The molecule has 1 saturated heterocycles. The van der Waals surface area contributed by atoms with Crippen LogP contribution in [0.1, 0.15) is 27.2 Å². The third kappa shape index (κ3) is 3.43. The van der Waals surface area contributed by atoms with E-state index in [4.69, 9.17) is 4.74 Å². The van der Waals surface area contributed by atoms with Gasteiger partial charge in [-0.15, -0.1) is 0 Å². The third-order valence-corrected chi connectivity index (χ3v) is 2.72. The second-order valence-electron chi connectivity index (χ2n) is 5.54. The summed E-state index contributed by atoms with van der Waals surface area (Å²) in [5, 5.41) is 2.58. The molecule has 1 aromatic rings. The molecule has 1 aromatic heterocycles. The van der Waals surface area contributed by atoms with Gasteiger partial charge in [0.15, 0.2) is 5.82 Å². The molecule has 2 heterocycles. The molecule has 1 aliphatic rings. The SMILES string of the molecule is CC(C)(C)OC(=O)N[C@H]1CCN(c2cnccn2)C1=O. The van der Waals surface area contributed by atoms with E-state index in [1.165, 1.54) is 17.3 Å². The van der Waals surface area contributed by atoms with Gasteiger partial charge in [0.05, 0.1) is 6.20 Å². The van der Waals surface area contributed by atoms with Crippen molar-refractivity contribution < 1.29 is 14.3 Å². The molecule has 7 heteroatoms. The lowest BCUT2D eigenvalue weighted by Gasteiger charge is -2.21. The lowest BCUT2D eigenvalue weighted by atomic mass is 10.2. The van der Waals surface area contributed by atoms with E-state index in [1.54, 1.807) is 27.0 Å². The topological polar surface area (TPSA) is 84.4 Å². The Bertz CT molecular complexity index is 498. The van der Waals surface area contributed by atoms with Gasteiger partial charge in [-0.3, -0.25) is 14.7 Å². The minimum absolute atomic E-state index is 0.198. The molecule has 2 rings (SSSR count). The molecule has 0 unspecified atom stereocenters. The Morgan fingerprint density at radius 2 is 2.20 bits per heavy atom. The number of alkyl carbamates (subject to hydrolysis) is 1. The fourth-order valence-corrected chi connectivity index (χ4v) is 1.92. The van der Waals surface area contributed by atoms with E-state index in [0.29, 0.717) is 18.8 Å². The summed E-state index contributed by atoms with van der Waals surface area (Å²) in [4.78, 5) is 33.4. The van der Waals surface area contributed by atoms with Crippen LogP contribution >= 0.6 is 0 Å². The van der Waals surface area contributed by atoms with Gasteiger partial charge >= 0.3 is 6.09 Å². The third-order valence-electron chi connectivity index (χ3n) is 2.72. The van der Waals surface area contributed by atoms with E-state index in [1.807, 2.05) is 0 Å². The summed E-state index contributed by atoms with van der Waals surface area (Å²) in [5.41, 5.74) is -0.587. The van der Waals surface area contributed by atoms with E-state index in [9.17, 15) is 9.59 Å². The number of aromatic nitrogens is 2. The summed E-state index contributed by atoms with van der Waals surface area (Å²) < 4.78 is 5.14. The number of anilines is 1. The average molecular weight is 278 g/mol. The maximum absolute atomic E-state index is 12.2. The highest BCUT2D eigenvalue weighted by Gasteiger charge is 2.35. The van der Waals surface area contributed by atoms with Crippen LogP contribution in [0.2, 0.25) is 0 Å². The zero-order valence-corrected chi connectivity index (χ0v) is 11.8. The first-order chi connectivity index (χ1) is 9.37. The van der Waals surface area contributed by atoms with Crippen LogP contribution in [0.25, 0.3) is 0 Å². The van der Waals surface area contributed by atoms with Gasteiger partial charge in [-0.2, -0.15) is 0 Å². The Morgan fingerprint density at radius 1 is 1.45 bits per heavy atom. The number of nitrogens with zero attached hydrogens (tertiary/aromatic N) is 3. The van der Waals surface area contributed by atoms with Gasteiger partial charge in [-0.1, -0.05) is 0 Å². The van der Waals surface area contributed by atoms with Crippen LogP contribution in [0.5, 0.6) is 0 Å². The van der Waals surface area contributed by atoms with E-state index in [0.717, 1.165) is 0 Å². The molecule has 1 aliphatic heterocycles. The summed E-state index contributed by atoms with van der Waals surface area (Å²) in [6.45, 7) is 5.82. The highest BCUT2D eigenvalue weighted by molar-refractivity contribution is 6.00. The van der Waals surface area contributed by atoms with Crippen LogP contribution in [-0.2, 0) is 9.53 Å². The first kappa shape index (κ1) is 14.2. The number of hydrogen-bond acceptors (Lipinski definition) is 5. The van der Waals surface area contributed by atoms with Gasteiger partial charge in [-0.25, -0.2) is 9.78 Å². The number of carbonyl (C=O) groups is 2. The Morgan fingerprint density at radius 3 is 2.80 bits per heavy atom. The van der Waals surface area contributed by atoms with E-state index in [-0.39, 0.29) is 5.91 Å². The number of rotatable bonds is 2. The molecule has 0 bridgehead atoms. The number of hydrogen-bond donors (Lipinski definition) is 1. The molecule has 1 atom stereocenters. The molecule has 0 radical (unpaired) electrons. The molecule has 0 aliphatic carbocycles. The fourth-order valence-electron chi connectivity index (χ4n) is 1.92. The van der Waals surface area contributed by atoms with Crippen molar-refractivity contribution in [3.63, 3.8) is 0 Å². The molecule has 7 nitrogen and oxygen atoms in total. The largest absolute Gasteiger partial charge is 0.444 e. The second kappa shape index (κ2) is 5.44. The van der Waals surface area contributed by atoms with Gasteiger partial charge in [0, 0.05) is 18.9 Å². The maximum atomic E-state index is 12.2. The smallest absolute Gasteiger partial charge is 0.408 e. The van der Waals surface area contributed by atoms with Crippen molar-refractivity contribution in [1.29, 1.82) is 0 Å². The average Bonchev–Trinajstić information content (AvgIpc) is 2.70. The summed E-state index contributed by atoms with van der Waals surface area (Å²) in [6, 6.07) is -0.577. The number of amides is 2. The zero-order valence-electron chi connectivity index (χ0n) is 11.8. The fraction of sp³-hybridized carbons (Fsp3) is 0.538. The number of nitrogens with one attached hydrogen (secondary N) is 1. The van der Waals surface area contributed by atoms with Gasteiger partial charge in [0.1, 0.15) is 11.6 Å². The van der Waals surface area contributed by atoms with Crippen molar-refractivity contribution >= 4 is 17.8 Å². The molecule has 0 spiro atoms. The first-order valence-corrected chi connectivity index (χ1v) is 6.44. The van der Waals surface area contributed by atoms with Crippen LogP contribution in [-0.4, -0.2) is 40.2 Å². The van der Waals surface area contributed by atoms with Crippen molar-refractivity contribution in [2.75, 3.05) is 11.4 Å². The molecule has 1 fully saturated rings. The quantitative estimate of drug-likeness (QED) is 0.876. The second-order valence-corrected chi connectivity index (χ2v) is 5.54. The minimum Gasteiger partial charge on any atom is -0.444 e. The summed E-state index contributed by atoms with van der Waals surface area (Å²) >= 11 is 0. The first-order valence-electron chi connectivity index (χ1n) is 6.44. The molecular weight excluding hydrogens is 260 g/mol. The molecular formula is C13H18N4O3. The van der Waals surface area contributed by atoms with E-state index < -0.39 is 17.7 Å². The van der Waals surface area contributed by atoms with Gasteiger partial charge in [0.2, 0.25) is 0 Å². The molecule has 20 heavy (non-hydrogen) atoms. The van der Waals surface area contributed by atoms with Crippen LogP contribution in [0.15, 0.2) is 18.6 Å². The van der Waals surface area contributed by atoms with Gasteiger partial charge in [-0.05, 0) is 27.2 Å². The zero-order chi connectivity index (χ0) is 14.8. The van der Waals surface area contributed by atoms with Crippen LogP contribution < -0.4 is 10.2 Å². The van der Waals surface area contributed by atoms with Crippen LogP contribution in [0, 0.1) is 0 Å². The summed E-state index contributed by atoms with van der Waals surface area (Å²) in [6.07, 6.45) is 4.52. The number of ether oxygens (including phenoxy) is 1.